The Morgan fingerprint density at radius 3 is 2.47 bits per heavy atom. The number of nitrogens with one attached hydrogen (secondary N) is 1. The Labute approximate surface area is 321 Å². The number of hydrogen-bond donors (Lipinski definition) is 3. The lowest BCUT2D eigenvalue weighted by molar-refractivity contribution is -0.134. The Hall–Kier alpha value is -5.50. The van der Waals surface area contributed by atoms with Crippen molar-refractivity contribution < 1.29 is 48.3 Å². The van der Waals surface area contributed by atoms with Gasteiger partial charge in [-0.05, 0) is 36.1 Å². The number of allylic oxidation sites excluding steroid dienone is 1. The topological polar surface area (TPSA) is 183 Å². The number of hydrogen-bond acceptors (Lipinski definition) is 11. The second kappa shape index (κ2) is 14.6. The molecule has 15 heteroatoms. The summed E-state index contributed by atoms with van der Waals surface area (Å²) in [6, 6.07) is 10.9. The zero-order valence-corrected chi connectivity index (χ0v) is 31.6. The minimum absolute atomic E-state index is 0.00213. The highest BCUT2D eigenvalue weighted by Gasteiger charge is 2.61. The first-order valence-electron chi connectivity index (χ1n) is 18.1. The smallest absolute Gasteiger partial charge is 0.250 e. The van der Waals surface area contributed by atoms with E-state index in [1.54, 1.807) is 28.5 Å². The van der Waals surface area contributed by atoms with Crippen LogP contribution in [-0.4, -0.2) is 89.6 Å². The molecule has 3 N–H and O–H groups in total. The summed E-state index contributed by atoms with van der Waals surface area (Å²) in [6.07, 6.45) is 0.308. The predicted octanol–water partition coefficient (Wildman–Crippen LogP) is 4.29. The maximum Gasteiger partial charge on any atom is 0.250 e. The number of piperidine rings is 1. The van der Waals surface area contributed by atoms with Gasteiger partial charge in [-0.2, -0.15) is 0 Å². The Morgan fingerprint density at radius 1 is 1.00 bits per heavy atom. The number of carbonyl (C=O) groups excluding carboxylic acids is 4. The number of carbonyl (C=O) groups is 4. The van der Waals surface area contributed by atoms with Crippen molar-refractivity contribution in [2.75, 3.05) is 41.0 Å². The quantitative estimate of drug-likeness (QED) is 0.267. The Bertz CT molecular complexity index is 2200. The van der Waals surface area contributed by atoms with Crippen molar-refractivity contribution in [1.29, 1.82) is 0 Å². The molecule has 7 rings (SSSR count). The summed E-state index contributed by atoms with van der Waals surface area (Å²) >= 11 is 6.61. The van der Waals surface area contributed by atoms with Gasteiger partial charge in [0.15, 0.2) is 28.8 Å². The first-order valence-corrected chi connectivity index (χ1v) is 18.5. The summed E-state index contributed by atoms with van der Waals surface area (Å²) < 4.78 is 24.3. The second-order valence-electron chi connectivity index (χ2n) is 14.5. The monoisotopic (exact) mass is 775 g/mol. The number of phenols is 1. The highest BCUT2D eigenvalue weighted by Crippen LogP contribution is 2.56. The summed E-state index contributed by atoms with van der Waals surface area (Å²) in [5.74, 6) is -4.29. The largest absolute Gasteiger partial charge is 0.507 e. The van der Waals surface area contributed by atoms with Crippen LogP contribution in [0.3, 0.4) is 0 Å². The van der Waals surface area contributed by atoms with Crippen LogP contribution < -0.4 is 29.8 Å². The number of aromatic nitrogens is 1. The fraction of sp³-hybridized carbons (Fsp3) is 0.425. The van der Waals surface area contributed by atoms with Gasteiger partial charge in [-0.15, -0.1) is 0 Å². The molecular formula is C40H42ClN3O11. The number of aliphatic hydroxyl groups excluding tert-OH is 1. The molecule has 3 aromatic rings. The summed E-state index contributed by atoms with van der Waals surface area (Å²) in [6.45, 7) is 3.14. The minimum Gasteiger partial charge on any atom is -0.507 e. The lowest BCUT2D eigenvalue weighted by atomic mass is 9.69. The number of nitrogens with zero attached hydrogens (tertiary/aromatic N) is 2. The molecule has 1 saturated heterocycles. The molecule has 14 nitrogen and oxygen atoms in total. The molecule has 4 aliphatic rings. The summed E-state index contributed by atoms with van der Waals surface area (Å²) in [5, 5.41) is 25.3. The van der Waals surface area contributed by atoms with Crippen LogP contribution in [0.25, 0.3) is 0 Å². The molecule has 4 heterocycles. The number of aliphatic hydroxyl groups is 1. The first-order chi connectivity index (χ1) is 26.3. The molecule has 2 amide bonds. The van der Waals surface area contributed by atoms with Gasteiger partial charge in [-0.1, -0.05) is 30.7 Å². The number of aromatic hydroxyl groups is 1. The van der Waals surface area contributed by atoms with Crippen molar-refractivity contribution in [1.82, 2.24) is 14.8 Å². The van der Waals surface area contributed by atoms with E-state index < -0.39 is 40.7 Å². The van der Waals surface area contributed by atoms with Crippen LogP contribution >= 0.6 is 11.6 Å². The molecule has 2 bridgehead atoms. The number of ketones is 2. The molecule has 2 aromatic carbocycles. The van der Waals surface area contributed by atoms with Crippen LogP contribution in [0.2, 0.25) is 5.02 Å². The number of amides is 2. The zero-order chi connectivity index (χ0) is 39.3. The number of benzene rings is 2. The molecule has 290 valence electrons. The maximum atomic E-state index is 14.4. The molecule has 1 spiro atoms. The van der Waals surface area contributed by atoms with E-state index in [2.05, 4.69) is 5.32 Å². The molecule has 3 aliphatic heterocycles. The zero-order valence-electron chi connectivity index (χ0n) is 30.8. The van der Waals surface area contributed by atoms with Gasteiger partial charge in [0, 0.05) is 86.6 Å². The van der Waals surface area contributed by atoms with Crippen LogP contribution in [-0.2, 0) is 20.9 Å². The van der Waals surface area contributed by atoms with E-state index in [0.29, 0.717) is 25.2 Å². The Morgan fingerprint density at radius 2 is 1.75 bits per heavy atom. The molecule has 1 fully saturated rings. The van der Waals surface area contributed by atoms with Crippen LogP contribution in [0.5, 0.6) is 28.7 Å². The number of phenolic OH excluding ortho intramolecular Hbond substituents is 1. The molecule has 5 unspecified atom stereocenters. The maximum absolute atomic E-state index is 14.4. The van der Waals surface area contributed by atoms with Gasteiger partial charge < -0.3 is 43.9 Å². The molecule has 1 aliphatic carbocycles. The van der Waals surface area contributed by atoms with E-state index in [4.69, 9.17) is 30.5 Å². The third kappa shape index (κ3) is 6.35. The van der Waals surface area contributed by atoms with Gasteiger partial charge in [0.05, 0.1) is 21.3 Å². The van der Waals surface area contributed by atoms with Crippen LogP contribution in [0, 0.1) is 11.8 Å². The third-order valence-corrected chi connectivity index (χ3v) is 11.7. The number of rotatable bonds is 10. The molecular weight excluding hydrogens is 734 g/mol. The molecule has 5 atom stereocenters. The SMILES string of the molecule is COc1cc(C(CC(=O)NCCC(=O)N2CC3CC(C2)c2cccc(=O)n2C3)C2=C(O)C3(Oc4c(Cl)c(OC)cc(OC)c4C3=O)C(C)CC2=O)ccc1O. The second-order valence-corrected chi connectivity index (χ2v) is 14.9. The normalized spacial score (nSPS) is 23.1. The number of methoxy groups -OCH3 is 3. The number of ether oxygens (including phenoxy) is 4. The summed E-state index contributed by atoms with van der Waals surface area (Å²) in [4.78, 5) is 69.6. The van der Waals surface area contributed by atoms with Crippen molar-refractivity contribution in [2.45, 2.75) is 56.6 Å². The van der Waals surface area contributed by atoms with Crippen molar-refractivity contribution >= 4 is 35.0 Å². The summed E-state index contributed by atoms with van der Waals surface area (Å²) in [5.41, 5.74) is -1.12. The van der Waals surface area contributed by atoms with Crippen LogP contribution in [0.15, 0.2) is 58.6 Å². The van der Waals surface area contributed by atoms with Gasteiger partial charge in [-0.3, -0.25) is 24.0 Å². The van der Waals surface area contributed by atoms with Gasteiger partial charge in [0.1, 0.15) is 22.1 Å². The van der Waals surface area contributed by atoms with E-state index in [1.807, 2.05) is 6.07 Å². The van der Waals surface area contributed by atoms with Crippen molar-refractivity contribution in [2.24, 2.45) is 11.8 Å². The lowest BCUT2D eigenvalue weighted by Crippen LogP contribution is -2.53. The van der Waals surface area contributed by atoms with Crippen molar-refractivity contribution in [3.8, 4) is 28.7 Å². The van der Waals surface area contributed by atoms with E-state index in [9.17, 15) is 34.2 Å². The number of fused-ring (bicyclic) bond motifs is 5. The molecule has 0 saturated carbocycles. The lowest BCUT2D eigenvalue weighted by Gasteiger charge is -2.42. The highest BCUT2D eigenvalue weighted by molar-refractivity contribution is 6.35. The number of Topliss-reactive ketones (excluding diaryl/α,β-unsaturated/α-hetero) is 2. The fourth-order valence-electron chi connectivity index (χ4n) is 8.66. The summed E-state index contributed by atoms with van der Waals surface area (Å²) in [7, 11) is 4.09. The molecule has 55 heavy (non-hydrogen) atoms. The van der Waals surface area contributed by atoms with Crippen LogP contribution in [0.1, 0.15) is 66.1 Å². The number of likely N-dealkylation sites (tertiary alicyclic amines) is 1. The first kappa shape index (κ1) is 37.8. The third-order valence-electron chi connectivity index (χ3n) is 11.3. The standard InChI is InChI=1S/C40H42ClN3O11/c1-20-12-27(46)34(38(50)40(20)39(51)35-29(53-3)16-30(54-4)36(41)37(35)55-40)24(22-8-9-26(45)28(14-22)52-2)15-31(47)42-11-10-32(48)43-17-21-13-23(19-43)25-6-5-7-33(49)44(25)18-21/h5-9,14,16,20-21,23-24,45,50H,10-13,15,17-19H2,1-4H3,(H,42,47). The van der Waals surface area contributed by atoms with E-state index in [0.717, 1.165) is 12.1 Å². The van der Waals surface area contributed by atoms with E-state index in [-0.39, 0.29) is 94.0 Å². The van der Waals surface area contributed by atoms with Gasteiger partial charge >= 0.3 is 0 Å². The van der Waals surface area contributed by atoms with Crippen LogP contribution in [0.4, 0.5) is 0 Å². The predicted molar refractivity (Wildman–Crippen MR) is 198 cm³/mol. The average molecular weight is 776 g/mol. The van der Waals surface area contributed by atoms with E-state index >= 15 is 0 Å². The van der Waals surface area contributed by atoms with Gasteiger partial charge in [0.2, 0.25) is 23.2 Å². The Balaban J connectivity index is 1.15. The average Bonchev–Trinajstić information content (AvgIpc) is 3.48. The van der Waals surface area contributed by atoms with Crippen molar-refractivity contribution in [3.05, 3.63) is 86.0 Å². The molecule has 1 aromatic heterocycles. The number of pyridine rings is 1. The minimum atomic E-state index is -2.09. The highest BCUT2D eigenvalue weighted by atomic mass is 35.5. The fourth-order valence-corrected chi connectivity index (χ4v) is 8.93. The molecule has 0 radical (unpaired) electrons. The Kier molecular flexibility index (Phi) is 10.1. The van der Waals surface area contributed by atoms with Gasteiger partial charge in [-0.25, -0.2) is 0 Å². The van der Waals surface area contributed by atoms with E-state index in [1.165, 1.54) is 45.6 Å². The van der Waals surface area contributed by atoms with Crippen molar-refractivity contribution in [3.63, 3.8) is 0 Å². The number of halogens is 1. The van der Waals surface area contributed by atoms with Gasteiger partial charge in [0.25, 0.3) is 5.56 Å².